The lowest BCUT2D eigenvalue weighted by Gasteiger charge is -2.00. The smallest absolute Gasteiger partial charge is 0.333 e. The lowest BCUT2D eigenvalue weighted by Crippen LogP contribution is -2.02. The second-order valence-electron chi connectivity index (χ2n) is 3.92. The van der Waals surface area contributed by atoms with E-state index in [1.165, 1.54) is 12.3 Å². The summed E-state index contributed by atoms with van der Waals surface area (Å²) in [7, 11) is 0. The molecule has 106 valence electrons. The number of rotatable bonds is 6. The van der Waals surface area contributed by atoms with Crippen LogP contribution in [0.5, 0.6) is 0 Å². The molecule has 0 aliphatic heterocycles. The van der Waals surface area contributed by atoms with Crippen molar-refractivity contribution in [3.8, 4) is 0 Å². The molecule has 0 atom stereocenters. The van der Waals surface area contributed by atoms with Gasteiger partial charge in [0, 0.05) is 37.1 Å². The molecule has 2 aromatic heterocycles. The molecule has 2 aromatic rings. The van der Waals surface area contributed by atoms with E-state index in [1.54, 1.807) is 6.20 Å². The Hall–Kier alpha value is -1.63. The van der Waals surface area contributed by atoms with Crippen LogP contribution in [0.1, 0.15) is 25.5 Å². The number of anilines is 1. The average molecular weight is 292 g/mol. The van der Waals surface area contributed by atoms with Crippen LogP contribution in [0.4, 0.5) is 14.6 Å². The highest BCUT2D eigenvalue weighted by Crippen LogP contribution is 2.12. The first-order chi connectivity index (χ1) is 8.69. The number of nitrogens with zero attached hydrogens (tertiary/aromatic N) is 4. The Labute approximate surface area is 116 Å². The topological polar surface area (TPSA) is 47.7 Å². The number of alkyl halides is 2. The summed E-state index contributed by atoms with van der Waals surface area (Å²) in [6, 6.07) is 1.52. The largest absolute Gasteiger partial charge is 0.364 e. The van der Waals surface area contributed by atoms with Gasteiger partial charge in [0.2, 0.25) is 0 Å². The third-order valence-electron chi connectivity index (χ3n) is 2.42. The van der Waals surface area contributed by atoms with Crippen molar-refractivity contribution in [1.29, 1.82) is 0 Å². The maximum absolute atomic E-state index is 12.3. The molecule has 0 saturated heterocycles. The van der Waals surface area contributed by atoms with Crippen molar-refractivity contribution in [2.45, 2.75) is 33.0 Å². The molecule has 19 heavy (non-hydrogen) atoms. The molecule has 0 spiro atoms. The maximum atomic E-state index is 12.3. The molecule has 0 aliphatic carbocycles. The van der Waals surface area contributed by atoms with E-state index >= 15 is 0 Å². The van der Waals surface area contributed by atoms with Crippen LogP contribution in [-0.4, -0.2) is 19.6 Å². The summed E-state index contributed by atoms with van der Waals surface area (Å²) < 4.78 is 27.1. The average Bonchev–Trinajstić information content (AvgIpc) is 2.95. The van der Waals surface area contributed by atoms with Crippen molar-refractivity contribution in [2.75, 3.05) is 5.32 Å². The Morgan fingerprint density at radius 1 is 1.42 bits per heavy atom. The van der Waals surface area contributed by atoms with E-state index in [0.29, 0.717) is 17.0 Å². The summed E-state index contributed by atoms with van der Waals surface area (Å²) in [6.45, 7) is 0.869. The van der Waals surface area contributed by atoms with E-state index in [2.05, 4.69) is 22.4 Å². The molecule has 0 unspecified atom stereocenters. The van der Waals surface area contributed by atoms with Crippen LogP contribution >= 0.6 is 12.4 Å². The van der Waals surface area contributed by atoms with E-state index in [0.717, 1.165) is 18.5 Å². The second kappa shape index (κ2) is 7.08. The summed E-state index contributed by atoms with van der Waals surface area (Å²) in [4.78, 5) is 0. The number of hydrogen-bond donors (Lipinski definition) is 1. The molecule has 2 heterocycles. The fourth-order valence-corrected chi connectivity index (χ4v) is 1.58. The molecule has 0 saturated carbocycles. The standard InChI is InChI=1S/C11H15F2N5.ClH/c1-2-4-17-8-9(7-15-17)6-14-10-3-5-18(16-10)11(12)13;/h3,5,7-8,11H,2,4,6H2,1H3,(H,14,16);1H. The Bertz CT molecular complexity index is 497. The van der Waals surface area contributed by atoms with Crippen molar-refractivity contribution in [1.82, 2.24) is 19.6 Å². The molecule has 2 rings (SSSR count). The summed E-state index contributed by atoms with van der Waals surface area (Å²) in [5.74, 6) is 0.429. The van der Waals surface area contributed by atoms with Gasteiger partial charge < -0.3 is 5.32 Å². The number of nitrogens with one attached hydrogen (secondary N) is 1. The fourth-order valence-electron chi connectivity index (χ4n) is 1.58. The van der Waals surface area contributed by atoms with E-state index in [9.17, 15) is 8.78 Å². The van der Waals surface area contributed by atoms with Crippen LogP contribution in [-0.2, 0) is 13.1 Å². The zero-order valence-electron chi connectivity index (χ0n) is 10.5. The van der Waals surface area contributed by atoms with Gasteiger partial charge >= 0.3 is 6.55 Å². The molecule has 0 amide bonds. The van der Waals surface area contributed by atoms with Crippen molar-refractivity contribution >= 4 is 18.2 Å². The first-order valence-corrected chi connectivity index (χ1v) is 5.77. The van der Waals surface area contributed by atoms with Gasteiger partial charge in [-0.1, -0.05) is 6.92 Å². The molecule has 0 radical (unpaired) electrons. The van der Waals surface area contributed by atoms with E-state index in [-0.39, 0.29) is 12.4 Å². The molecular formula is C11H16ClF2N5. The molecular weight excluding hydrogens is 276 g/mol. The van der Waals surface area contributed by atoms with Gasteiger partial charge in [0.05, 0.1) is 6.20 Å². The van der Waals surface area contributed by atoms with Crippen LogP contribution in [0.15, 0.2) is 24.7 Å². The van der Waals surface area contributed by atoms with Gasteiger partial charge in [-0.05, 0) is 6.42 Å². The van der Waals surface area contributed by atoms with Gasteiger partial charge in [0.25, 0.3) is 0 Å². The van der Waals surface area contributed by atoms with Gasteiger partial charge in [-0.2, -0.15) is 19.0 Å². The molecule has 1 N–H and O–H groups in total. The van der Waals surface area contributed by atoms with Crippen LogP contribution in [0.2, 0.25) is 0 Å². The van der Waals surface area contributed by atoms with Gasteiger partial charge in [-0.15, -0.1) is 12.4 Å². The lowest BCUT2D eigenvalue weighted by atomic mass is 10.3. The van der Waals surface area contributed by atoms with Crippen molar-refractivity contribution in [3.63, 3.8) is 0 Å². The molecule has 0 bridgehead atoms. The normalized spacial score (nSPS) is 10.5. The Balaban J connectivity index is 0.00000180. The number of hydrogen-bond acceptors (Lipinski definition) is 3. The Kier molecular flexibility index (Phi) is 5.75. The van der Waals surface area contributed by atoms with Gasteiger partial charge in [-0.25, -0.2) is 4.68 Å². The van der Waals surface area contributed by atoms with Crippen molar-refractivity contribution < 1.29 is 8.78 Å². The minimum Gasteiger partial charge on any atom is -0.364 e. The summed E-state index contributed by atoms with van der Waals surface area (Å²) in [6.07, 6.45) is 5.95. The molecule has 0 aromatic carbocycles. The zero-order chi connectivity index (χ0) is 13.0. The van der Waals surface area contributed by atoms with Gasteiger partial charge in [0.1, 0.15) is 5.82 Å². The number of aryl methyl sites for hydroxylation is 1. The summed E-state index contributed by atoms with van der Waals surface area (Å²) >= 11 is 0. The van der Waals surface area contributed by atoms with E-state index in [4.69, 9.17) is 0 Å². The minimum absolute atomic E-state index is 0. The van der Waals surface area contributed by atoms with Crippen LogP contribution < -0.4 is 5.32 Å². The van der Waals surface area contributed by atoms with Crippen molar-refractivity contribution in [2.24, 2.45) is 0 Å². The van der Waals surface area contributed by atoms with E-state index < -0.39 is 6.55 Å². The molecule has 0 aliphatic rings. The predicted molar refractivity (Wildman–Crippen MR) is 70.6 cm³/mol. The first-order valence-electron chi connectivity index (χ1n) is 5.77. The Morgan fingerprint density at radius 2 is 2.21 bits per heavy atom. The van der Waals surface area contributed by atoms with Crippen molar-refractivity contribution in [3.05, 3.63) is 30.2 Å². The quantitative estimate of drug-likeness (QED) is 0.890. The first kappa shape index (κ1) is 15.4. The Morgan fingerprint density at radius 3 is 2.84 bits per heavy atom. The molecule has 8 heteroatoms. The maximum Gasteiger partial charge on any atom is 0.333 e. The van der Waals surface area contributed by atoms with Crippen LogP contribution in [0, 0.1) is 0 Å². The fraction of sp³-hybridized carbons (Fsp3) is 0.455. The highest BCUT2D eigenvalue weighted by atomic mass is 35.5. The monoisotopic (exact) mass is 291 g/mol. The van der Waals surface area contributed by atoms with Crippen LogP contribution in [0.3, 0.4) is 0 Å². The zero-order valence-corrected chi connectivity index (χ0v) is 11.3. The van der Waals surface area contributed by atoms with Crippen LogP contribution in [0.25, 0.3) is 0 Å². The van der Waals surface area contributed by atoms with E-state index in [1.807, 2.05) is 10.9 Å². The highest BCUT2D eigenvalue weighted by molar-refractivity contribution is 5.85. The molecule has 5 nitrogen and oxygen atoms in total. The SMILES string of the molecule is CCCn1cc(CNc2ccn(C(F)F)n2)cn1.Cl. The minimum atomic E-state index is -2.60. The third-order valence-corrected chi connectivity index (χ3v) is 2.42. The number of halogens is 3. The number of aromatic nitrogens is 4. The second-order valence-corrected chi connectivity index (χ2v) is 3.92. The summed E-state index contributed by atoms with van der Waals surface area (Å²) in [5.41, 5.74) is 0.995. The molecule has 0 fully saturated rings. The van der Waals surface area contributed by atoms with Gasteiger partial charge in [-0.3, -0.25) is 4.68 Å². The lowest BCUT2D eigenvalue weighted by molar-refractivity contribution is 0.0569. The summed E-state index contributed by atoms with van der Waals surface area (Å²) in [5, 5.41) is 10.9. The predicted octanol–water partition coefficient (Wildman–Crippen LogP) is 2.92. The van der Waals surface area contributed by atoms with Gasteiger partial charge in [0.15, 0.2) is 0 Å². The highest BCUT2D eigenvalue weighted by Gasteiger charge is 2.07. The third kappa shape index (κ3) is 4.20.